The third kappa shape index (κ3) is 2.35. The van der Waals surface area contributed by atoms with E-state index in [2.05, 4.69) is 0 Å². The van der Waals surface area contributed by atoms with Crippen LogP contribution >= 0.6 is 0 Å². The molecule has 1 atom stereocenters. The molecule has 98 valence electrons. The summed E-state index contributed by atoms with van der Waals surface area (Å²) in [6, 6.07) is 0. The Bertz CT molecular complexity index is 441. The fourth-order valence-electron chi connectivity index (χ4n) is 2.48. The van der Waals surface area contributed by atoms with Crippen molar-refractivity contribution in [1.29, 1.82) is 0 Å². The number of allylic oxidation sites excluding steroid dienone is 3. The van der Waals surface area contributed by atoms with Gasteiger partial charge >= 0.3 is 5.97 Å². The summed E-state index contributed by atoms with van der Waals surface area (Å²) in [5.74, 6) is 1.76. The minimum absolute atomic E-state index is 0.264. The number of esters is 1. The molecule has 0 heterocycles. The van der Waals surface area contributed by atoms with E-state index < -0.39 is 0 Å². The first kappa shape index (κ1) is 12.9. The Balaban J connectivity index is 2.16. The topological polar surface area (TPSA) is 35.5 Å². The summed E-state index contributed by atoms with van der Waals surface area (Å²) in [7, 11) is 0. The molecule has 0 N–H and O–H groups in total. The maximum Gasteiger partial charge on any atom is 0.338 e. The predicted molar refractivity (Wildman–Crippen MR) is 69.6 cm³/mol. The molecule has 1 fully saturated rings. The zero-order valence-corrected chi connectivity index (χ0v) is 11.3. The van der Waals surface area contributed by atoms with E-state index in [1.807, 2.05) is 19.9 Å². The molecule has 0 unspecified atom stereocenters. The molecule has 0 aromatic carbocycles. The van der Waals surface area contributed by atoms with Gasteiger partial charge in [-0.15, -0.1) is 0 Å². The fraction of sp³-hybridized carbons (Fsp3) is 0.533. The molecular formula is C15H20O3. The summed E-state index contributed by atoms with van der Waals surface area (Å²) in [6.45, 7) is 6.23. The molecule has 0 aromatic rings. The molecule has 0 amide bonds. The lowest BCUT2D eigenvalue weighted by Crippen LogP contribution is -2.05. The van der Waals surface area contributed by atoms with E-state index in [4.69, 9.17) is 9.47 Å². The van der Waals surface area contributed by atoms with Gasteiger partial charge in [-0.3, -0.25) is 0 Å². The summed E-state index contributed by atoms with van der Waals surface area (Å²) in [4.78, 5) is 11.8. The van der Waals surface area contributed by atoms with Crippen molar-refractivity contribution in [3.05, 3.63) is 34.8 Å². The maximum absolute atomic E-state index is 11.8. The van der Waals surface area contributed by atoms with Crippen LogP contribution in [0.4, 0.5) is 0 Å². The highest BCUT2D eigenvalue weighted by atomic mass is 16.5. The first-order valence-electron chi connectivity index (χ1n) is 6.59. The SMILES string of the molecule is C/C=C(\C)C(=O)OC1=C2CCC[C@@H]2C(OCC)=C1. The molecule has 0 radical (unpaired) electrons. The van der Waals surface area contributed by atoms with Crippen LogP contribution in [0.1, 0.15) is 40.0 Å². The molecule has 3 heteroatoms. The predicted octanol–water partition coefficient (Wildman–Crippen LogP) is 3.48. The van der Waals surface area contributed by atoms with E-state index in [-0.39, 0.29) is 5.97 Å². The summed E-state index contributed by atoms with van der Waals surface area (Å²) in [5.41, 5.74) is 1.87. The lowest BCUT2D eigenvalue weighted by Gasteiger charge is -2.11. The standard InChI is InChI=1S/C15H20O3/c1-4-10(3)15(16)18-14-9-13(17-5-2)11-7-6-8-12(11)14/h4,9,11H,5-8H2,1-3H3/b10-4+/t11-/m0/s1. The van der Waals surface area contributed by atoms with Gasteiger partial charge in [0, 0.05) is 17.6 Å². The van der Waals surface area contributed by atoms with Crippen molar-refractivity contribution in [2.45, 2.75) is 40.0 Å². The zero-order valence-electron chi connectivity index (χ0n) is 11.3. The molecule has 0 aromatic heterocycles. The van der Waals surface area contributed by atoms with Crippen LogP contribution in [0.25, 0.3) is 0 Å². The Morgan fingerprint density at radius 2 is 2.33 bits per heavy atom. The molecule has 0 aliphatic heterocycles. The average molecular weight is 248 g/mol. The van der Waals surface area contributed by atoms with Crippen LogP contribution < -0.4 is 0 Å². The molecule has 0 bridgehead atoms. The van der Waals surface area contributed by atoms with Crippen LogP contribution in [0.3, 0.4) is 0 Å². The second kappa shape index (κ2) is 5.42. The van der Waals surface area contributed by atoms with Crippen LogP contribution in [0.2, 0.25) is 0 Å². The highest BCUT2D eigenvalue weighted by Gasteiger charge is 2.34. The van der Waals surface area contributed by atoms with Gasteiger partial charge in [0.2, 0.25) is 0 Å². The first-order valence-corrected chi connectivity index (χ1v) is 6.59. The minimum atomic E-state index is -0.264. The van der Waals surface area contributed by atoms with E-state index >= 15 is 0 Å². The quantitative estimate of drug-likeness (QED) is 0.564. The summed E-state index contributed by atoms with van der Waals surface area (Å²) < 4.78 is 11.1. The molecular weight excluding hydrogens is 228 g/mol. The van der Waals surface area contributed by atoms with Crippen molar-refractivity contribution in [2.24, 2.45) is 5.92 Å². The van der Waals surface area contributed by atoms with Gasteiger partial charge in [-0.25, -0.2) is 4.79 Å². The van der Waals surface area contributed by atoms with Gasteiger partial charge in [0.15, 0.2) is 0 Å². The van der Waals surface area contributed by atoms with Crippen molar-refractivity contribution in [3.63, 3.8) is 0 Å². The Labute approximate surface area is 108 Å². The number of fused-ring (bicyclic) bond motifs is 1. The Kier molecular flexibility index (Phi) is 3.90. The Morgan fingerprint density at radius 3 is 3.00 bits per heavy atom. The van der Waals surface area contributed by atoms with Gasteiger partial charge in [0.05, 0.1) is 6.61 Å². The molecule has 1 saturated carbocycles. The molecule has 2 rings (SSSR count). The third-order valence-electron chi connectivity index (χ3n) is 3.56. The van der Waals surface area contributed by atoms with Crippen LogP contribution in [0.5, 0.6) is 0 Å². The molecule has 0 saturated heterocycles. The highest BCUT2D eigenvalue weighted by Crippen LogP contribution is 2.44. The minimum Gasteiger partial charge on any atom is -0.497 e. The van der Waals surface area contributed by atoms with Crippen molar-refractivity contribution < 1.29 is 14.3 Å². The smallest absolute Gasteiger partial charge is 0.338 e. The summed E-state index contributed by atoms with van der Waals surface area (Å²) in [5, 5.41) is 0. The van der Waals surface area contributed by atoms with Crippen LogP contribution in [-0.4, -0.2) is 12.6 Å². The molecule has 2 aliphatic rings. The second-order valence-electron chi connectivity index (χ2n) is 4.68. The third-order valence-corrected chi connectivity index (χ3v) is 3.56. The number of carbonyl (C=O) groups is 1. The number of hydrogen-bond acceptors (Lipinski definition) is 3. The van der Waals surface area contributed by atoms with Crippen molar-refractivity contribution >= 4 is 5.97 Å². The number of carbonyl (C=O) groups excluding carboxylic acids is 1. The maximum atomic E-state index is 11.8. The van der Waals surface area contributed by atoms with Gasteiger partial charge in [-0.1, -0.05) is 6.08 Å². The monoisotopic (exact) mass is 248 g/mol. The summed E-state index contributed by atoms with van der Waals surface area (Å²) in [6.07, 6.45) is 6.92. The highest BCUT2D eigenvalue weighted by molar-refractivity contribution is 5.88. The average Bonchev–Trinajstić information content (AvgIpc) is 2.94. The Morgan fingerprint density at radius 1 is 1.56 bits per heavy atom. The number of ether oxygens (including phenoxy) is 2. The zero-order chi connectivity index (χ0) is 13.1. The Hall–Kier alpha value is -1.51. The molecule has 3 nitrogen and oxygen atoms in total. The molecule has 0 spiro atoms. The second-order valence-corrected chi connectivity index (χ2v) is 4.68. The van der Waals surface area contributed by atoms with E-state index in [0.29, 0.717) is 23.9 Å². The van der Waals surface area contributed by atoms with Crippen molar-refractivity contribution in [3.8, 4) is 0 Å². The van der Waals surface area contributed by atoms with E-state index in [1.54, 1.807) is 13.0 Å². The van der Waals surface area contributed by atoms with E-state index in [9.17, 15) is 4.79 Å². The van der Waals surface area contributed by atoms with Gasteiger partial charge < -0.3 is 9.47 Å². The number of rotatable bonds is 4. The summed E-state index contributed by atoms with van der Waals surface area (Å²) >= 11 is 0. The lowest BCUT2D eigenvalue weighted by molar-refractivity contribution is -0.134. The van der Waals surface area contributed by atoms with Crippen molar-refractivity contribution in [2.75, 3.05) is 6.61 Å². The van der Waals surface area contributed by atoms with Gasteiger partial charge in [-0.2, -0.15) is 0 Å². The molecule has 18 heavy (non-hydrogen) atoms. The van der Waals surface area contributed by atoms with Crippen molar-refractivity contribution in [1.82, 2.24) is 0 Å². The van der Waals surface area contributed by atoms with Crippen LogP contribution in [0, 0.1) is 5.92 Å². The number of hydrogen-bond donors (Lipinski definition) is 0. The fourth-order valence-corrected chi connectivity index (χ4v) is 2.48. The van der Waals surface area contributed by atoms with Gasteiger partial charge in [0.1, 0.15) is 11.5 Å². The first-order chi connectivity index (χ1) is 8.67. The van der Waals surface area contributed by atoms with Crippen LogP contribution in [-0.2, 0) is 14.3 Å². The lowest BCUT2D eigenvalue weighted by atomic mass is 10.1. The largest absolute Gasteiger partial charge is 0.497 e. The normalized spacial score (nSPS) is 22.9. The van der Waals surface area contributed by atoms with E-state index in [0.717, 1.165) is 25.0 Å². The van der Waals surface area contributed by atoms with E-state index in [1.165, 1.54) is 5.57 Å². The van der Waals surface area contributed by atoms with Crippen LogP contribution in [0.15, 0.2) is 34.8 Å². The van der Waals surface area contributed by atoms with Gasteiger partial charge in [-0.05, 0) is 45.6 Å². The molecule has 2 aliphatic carbocycles. The van der Waals surface area contributed by atoms with Gasteiger partial charge in [0.25, 0.3) is 0 Å².